The molecule has 19 heavy (non-hydrogen) atoms. The minimum atomic E-state index is -0.226. The van der Waals surface area contributed by atoms with E-state index in [9.17, 15) is 9.59 Å². The van der Waals surface area contributed by atoms with E-state index in [1.54, 1.807) is 0 Å². The fourth-order valence-corrected chi connectivity index (χ4v) is 3.18. The molecule has 0 radical (unpaired) electrons. The highest BCUT2D eigenvalue weighted by molar-refractivity contribution is 5.78. The van der Waals surface area contributed by atoms with Crippen LogP contribution in [0.5, 0.6) is 0 Å². The Kier molecular flexibility index (Phi) is 5.19. The fraction of sp³-hybridized carbons (Fsp3) is 0.857. The molecular formula is C14H25N3O2. The van der Waals surface area contributed by atoms with E-state index in [0.717, 1.165) is 38.8 Å². The predicted octanol–water partition coefficient (Wildman–Crippen LogP) is 0.536. The number of primary amides is 1. The highest BCUT2D eigenvalue weighted by Gasteiger charge is 2.26. The van der Waals surface area contributed by atoms with Gasteiger partial charge in [0.15, 0.2) is 0 Å². The number of rotatable bonds is 5. The molecule has 5 heteroatoms. The Balaban J connectivity index is 1.67. The number of carbonyl (C=O) groups excluding carboxylic acids is 2. The molecule has 3 unspecified atom stereocenters. The van der Waals surface area contributed by atoms with Crippen LogP contribution >= 0.6 is 0 Å². The normalized spacial score (nSPS) is 31.1. The van der Waals surface area contributed by atoms with Crippen molar-refractivity contribution < 1.29 is 9.59 Å². The zero-order valence-electron chi connectivity index (χ0n) is 11.5. The van der Waals surface area contributed by atoms with Gasteiger partial charge in [-0.1, -0.05) is 6.42 Å². The minimum absolute atomic E-state index is 0.0573. The average Bonchev–Trinajstić information content (AvgIpc) is 2.90. The molecule has 0 aromatic carbocycles. The van der Waals surface area contributed by atoms with E-state index in [0.29, 0.717) is 18.8 Å². The maximum Gasteiger partial charge on any atom is 0.220 e. The molecule has 4 N–H and O–H groups in total. The van der Waals surface area contributed by atoms with Gasteiger partial charge < -0.3 is 16.4 Å². The predicted molar refractivity (Wildman–Crippen MR) is 73.3 cm³/mol. The summed E-state index contributed by atoms with van der Waals surface area (Å²) in [6.07, 6.45) is 6.28. The van der Waals surface area contributed by atoms with Gasteiger partial charge in [0.1, 0.15) is 0 Å². The first-order valence-electron chi connectivity index (χ1n) is 7.44. The van der Waals surface area contributed by atoms with Gasteiger partial charge in [0, 0.05) is 18.4 Å². The van der Waals surface area contributed by atoms with E-state index in [2.05, 4.69) is 10.6 Å². The molecule has 1 aliphatic heterocycles. The van der Waals surface area contributed by atoms with Gasteiger partial charge in [-0.2, -0.15) is 0 Å². The second-order valence-electron chi connectivity index (χ2n) is 5.93. The molecule has 1 saturated heterocycles. The number of hydrogen-bond donors (Lipinski definition) is 3. The Hall–Kier alpha value is -1.10. The van der Waals surface area contributed by atoms with Gasteiger partial charge >= 0.3 is 0 Å². The second-order valence-corrected chi connectivity index (χ2v) is 5.93. The van der Waals surface area contributed by atoms with Crippen LogP contribution in [0.15, 0.2) is 0 Å². The third kappa shape index (κ3) is 4.49. The Labute approximate surface area is 114 Å². The van der Waals surface area contributed by atoms with Crippen LogP contribution in [0, 0.1) is 11.8 Å². The molecule has 0 spiro atoms. The molecule has 5 nitrogen and oxygen atoms in total. The lowest BCUT2D eigenvalue weighted by atomic mass is 9.85. The van der Waals surface area contributed by atoms with Gasteiger partial charge in [-0.05, 0) is 51.1 Å². The molecule has 108 valence electrons. The van der Waals surface area contributed by atoms with Crippen molar-refractivity contribution in [3.05, 3.63) is 0 Å². The number of hydrogen-bond acceptors (Lipinski definition) is 3. The van der Waals surface area contributed by atoms with Crippen LogP contribution in [0.2, 0.25) is 0 Å². The molecular weight excluding hydrogens is 242 g/mol. The number of nitrogens with two attached hydrogens (primary N) is 1. The van der Waals surface area contributed by atoms with Crippen LogP contribution in [0.4, 0.5) is 0 Å². The highest BCUT2D eigenvalue weighted by atomic mass is 16.2. The Morgan fingerprint density at radius 3 is 2.79 bits per heavy atom. The molecule has 1 saturated carbocycles. The van der Waals surface area contributed by atoms with Gasteiger partial charge in [-0.3, -0.25) is 9.59 Å². The molecule has 2 amide bonds. The van der Waals surface area contributed by atoms with Gasteiger partial charge in [-0.25, -0.2) is 0 Å². The minimum Gasteiger partial charge on any atom is -0.369 e. The van der Waals surface area contributed by atoms with Crippen LogP contribution in [0.25, 0.3) is 0 Å². The van der Waals surface area contributed by atoms with E-state index < -0.39 is 0 Å². The molecule has 2 rings (SSSR count). The van der Waals surface area contributed by atoms with Crippen molar-refractivity contribution in [3.63, 3.8) is 0 Å². The molecule has 1 aliphatic carbocycles. The van der Waals surface area contributed by atoms with Crippen molar-refractivity contribution in [2.75, 3.05) is 13.1 Å². The maximum absolute atomic E-state index is 11.9. The summed E-state index contributed by atoms with van der Waals surface area (Å²) in [6, 6.07) is 0.139. The van der Waals surface area contributed by atoms with Crippen molar-refractivity contribution in [3.8, 4) is 0 Å². The summed E-state index contributed by atoms with van der Waals surface area (Å²) in [5, 5.41) is 6.37. The van der Waals surface area contributed by atoms with E-state index in [4.69, 9.17) is 5.73 Å². The lowest BCUT2D eigenvalue weighted by molar-refractivity contribution is -0.125. The first-order valence-corrected chi connectivity index (χ1v) is 7.44. The first kappa shape index (κ1) is 14.3. The zero-order valence-corrected chi connectivity index (χ0v) is 11.5. The topological polar surface area (TPSA) is 84.2 Å². The summed E-state index contributed by atoms with van der Waals surface area (Å²) in [6.45, 7) is 2.12. The Morgan fingerprint density at radius 1 is 1.26 bits per heavy atom. The summed E-state index contributed by atoms with van der Waals surface area (Å²) < 4.78 is 0. The number of amides is 2. The Bertz CT molecular complexity index is 327. The summed E-state index contributed by atoms with van der Waals surface area (Å²) in [5.41, 5.74) is 5.34. The molecule has 0 aromatic heterocycles. The van der Waals surface area contributed by atoms with Crippen molar-refractivity contribution in [2.45, 2.75) is 51.0 Å². The summed E-state index contributed by atoms with van der Waals surface area (Å²) in [4.78, 5) is 23.1. The molecule has 2 fully saturated rings. The van der Waals surface area contributed by atoms with Gasteiger partial charge in [-0.15, -0.1) is 0 Å². The maximum atomic E-state index is 11.9. The number of carbonyl (C=O) groups is 2. The van der Waals surface area contributed by atoms with Crippen molar-refractivity contribution in [1.29, 1.82) is 0 Å². The third-order valence-electron chi connectivity index (χ3n) is 4.38. The molecule has 1 heterocycles. The Morgan fingerprint density at radius 2 is 2.11 bits per heavy atom. The van der Waals surface area contributed by atoms with Crippen LogP contribution in [-0.2, 0) is 9.59 Å². The smallest absolute Gasteiger partial charge is 0.220 e. The first-order chi connectivity index (χ1) is 9.15. The lowest BCUT2D eigenvalue weighted by Gasteiger charge is -2.28. The van der Waals surface area contributed by atoms with E-state index >= 15 is 0 Å². The molecule has 0 aromatic rings. The molecule has 2 aliphatic rings. The molecule has 3 atom stereocenters. The van der Waals surface area contributed by atoms with Gasteiger partial charge in [0.25, 0.3) is 0 Å². The summed E-state index contributed by atoms with van der Waals surface area (Å²) in [5.74, 6) is 0.492. The largest absolute Gasteiger partial charge is 0.369 e. The van der Waals surface area contributed by atoms with Crippen molar-refractivity contribution >= 4 is 11.8 Å². The quantitative estimate of drug-likeness (QED) is 0.679. The highest BCUT2D eigenvalue weighted by Crippen LogP contribution is 2.24. The second kappa shape index (κ2) is 6.89. The SMILES string of the molecule is NC(=O)C1CCCC(NC(=O)CCC2CCNC2)C1. The van der Waals surface area contributed by atoms with E-state index in [1.807, 2.05) is 0 Å². The van der Waals surface area contributed by atoms with Crippen LogP contribution in [0.1, 0.15) is 44.9 Å². The zero-order chi connectivity index (χ0) is 13.7. The third-order valence-corrected chi connectivity index (χ3v) is 4.38. The van der Waals surface area contributed by atoms with Crippen molar-refractivity contribution in [1.82, 2.24) is 10.6 Å². The van der Waals surface area contributed by atoms with Gasteiger partial charge in [0.2, 0.25) is 11.8 Å². The molecule has 0 bridgehead atoms. The van der Waals surface area contributed by atoms with Gasteiger partial charge in [0.05, 0.1) is 0 Å². The number of nitrogens with one attached hydrogen (secondary N) is 2. The fourth-order valence-electron chi connectivity index (χ4n) is 3.18. The van der Waals surface area contributed by atoms with Crippen LogP contribution < -0.4 is 16.4 Å². The van der Waals surface area contributed by atoms with Crippen LogP contribution in [-0.4, -0.2) is 30.9 Å². The summed E-state index contributed by atoms with van der Waals surface area (Å²) >= 11 is 0. The van der Waals surface area contributed by atoms with Crippen LogP contribution in [0.3, 0.4) is 0 Å². The standard InChI is InChI=1S/C14H25N3O2/c15-14(19)11-2-1-3-12(8-11)17-13(18)5-4-10-6-7-16-9-10/h10-12,16H,1-9H2,(H2,15,19)(H,17,18). The van der Waals surface area contributed by atoms with E-state index in [1.165, 1.54) is 6.42 Å². The summed E-state index contributed by atoms with van der Waals surface area (Å²) in [7, 11) is 0. The monoisotopic (exact) mass is 267 g/mol. The lowest BCUT2D eigenvalue weighted by Crippen LogP contribution is -2.41. The van der Waals surface area contributed by atoms with Crippen molar-refractivity contribution in [2.24, 2.45) is 17.6 Å². The average molecular weight is 267 g/mol. The van der Waals surface area contributed by atoms with E-state index in [-0.39, 0.29) is 23.8 Å².